The Hall–Kier alpha value is -0.630. The summed E-state index contributed by atoms with van der Waals surface area (Å²) in [6.07, 6.45) is 1.84. The van der Waals surface area contributed by atoms with Gasteiger partial charge in [-0.3, -0.25) is 4.79 Å². The van der Waals surface area contributed by atoms with Crippen molar-refractivity contribution in [1.29, 1.82) is 0 Å². The van der Waals surface area contributed by atoms with Gasteiger partial charge in [0.1, 0.15) is 4.21 Å². The topological polar surface area (TPSA) is 72.5 Å². The van der Waals surface area contributed by atoms with E-state index in [1.807, 2.05) is 6.92 Å². The summed E-state index contributed by atoms with van der Waals surface area (Å²) in [4.78, 5) is 12.3. The number of ether oxygens (including phenoxy) is 1. The zero-order valence-electron chi connectivity index (χ0n) is 11.9. The molecule has 1 aromatic heterocycles. The Morgan fingerprint density at radius 3 is 2.62 bits per heavy atom. The number of nitrogens with one attached hydrogen (secondary N) is 1. The predicted octanol–water partition coefficient (Wildman–Crippen LogP) is 2.53. The first-order valence-electron chi connectivity index (χ1n) is 6.72. The van der Waals surface area contributed by atoms with Crippen molar-refractivity contribution in [2.45, 2.75) is 36.9 Å². The van der Waals surface area contributed by atoms with Gasteiger partial charge in [-0.1, -0.05) is 0 Å². The average molecular weight is 352 g/mol. The Morgan fingerprint density at radius 2 is 2.10 bits per heavy atom. The van der Waals surface area contributed by atoms with E-state index < -0.39 is 9.05 Å². The van der Waals surface area contributed by atoms with Crippen LogP contribution in [0.4, 0.5) is 0 Å². The SMILES string of the molecule is Cc1c(C(=O)NC(C)C2CCOCC2)csc1S(=O)(=O)Cl. The molecule has 1 atom stereocenters. The minimum absolute atomic E-state index is 0.0248. The van der Waals surface area contributed by atoms with Gasteiger partial charge in [-0.25, -0.2) is 8.42 Å². The van der Waals surface area contributed by atoms with Gasteiger partial charge in [-0.2, -0.15) is 0 Å². The largest absolute Gasteiger partial charge is 0.381 e. The van der Waals surface area contributed by atoms with Crippen LogP contribution in [0.2, 0.25) is 0 Å². The summed E-state index contributed by atoms with van der Waals surface area (Å²) in [5.41, 5.74) is 0.782. The van der Waals surface area contributed by atoms with Gasteiger partial charge in [0.2, 0.25) is 0 Å². The lowest BCUT2D eigenvalue weighted by Gasteiger charge is -2.28. The predicted molar refractivity (Wildman–Crippen MR) is 82.6 cm³/mol. The fourth-order valence-corrected chi connectivity index (χ4v) is 5.03. The lowest BCUT2D eigenvalue weighted by atomic mass is 9.93. The molecule has 0 saturated carbocycles. The second-order valence-corrected chi connectivity index (χ2v) is 8.85. The molecule has 1 unspecified atom stereocenters. The Bertz CT molecular complexity index is 620. The third-order valence-corrected chi connectivity index (χ3v) is 7.10. The molecule has 8 heteroatoms. The van der Waals surface area contributed by atoms with Crippen molar-refractivity contribution in [3.63, 3.8) is 0 Å². The van der Waals surface area contributed by atoms with Crippen LogP contribution in [0.15, 0.2) is 9.59 Å². The van der Waals surface area contributed by atoms with Gasteiger partial charge in [-0.15, -0.1) is 11.3 Å². The van der Waals surface area contributed by atoms with E-state index in [1.54, 1.807) is 6.92 Å². The minimum Gasteiger partial charge on any atom is -0.381 e. The molecule has 2 rings (SSSR count). The number of hydrogen-bond donors (Lipinski definition) is 1. The summed E-state index contributed by atoms with van der Waals surface area (Å²) in [7, 11) is 1.55. The van der Waals surface area contributed by atoms with Crippen LogP contribution in [0, 0.1) is 12.8 Å². The number of hydrogen-bond acceptors (Lipinski definition) is 5. The number of carbonyl (C=O) groups excluding carboxylic acids is 1. The maximum atomic E-state index is 12.3. The Labute approximate surface area is 133 Å². The number of carbonyl (C=O) groups is 1. The van der Waals surface area contributed by atoms with Crippen molar-refractivity contribution in [1.82, 2.24) is 5.32 Å². The third kappa shape index (κ3) is 3.97. The van der Waals surface area contributed by atoms with Crippen molar-refractivity contribution in [2.75, 3.05) is 13.2 Å². The Morgan fingerprint density at radius 1 is 1.48 bits per heavy atom. The molecule has 0 radical (unpaired) electrons. The van der Waals surface area contributed by atoms with Gasteiger partial charge >= 0.3 is 0 Å². The van der Waals surface area contributed by atoms with Crippen molar-refractivity contribution in [3.05, 3.63) is 16.5 Å². The maximum Gasteiger partial charge on any atom is 0.271 e. The molecule has 1 aliphatic rings. The van der Waals surface area contributed by atoms with E-state index in [9.17, 15) is 13.2 Å². The van der Waals surface area contributed by atoms with Gasteiger partial charge in [-0.05, 0) is 38.2 Å². The third-order valence-electron chi connectivity index (χ3n) is 3.79. The highest BCUT2D eigenvalue weighted by atomic mass is 35.7. The summed E-state index contributed by atoms with van der Waals surface area (Å²) in [5.74, 6) is 0.132. The highest BCUT2D eigenvalue weighted by Gasteiger charge is 2.25. The molecular formula is C13H18ClNO4S2. The van der Waals surface area contributed by atoms with Crippen LogP contribution in [0.3, 0.4) is 0 Å². The second kappa shape index (κ2) is 6.64. The maximum absolute atomic E-state index is 12.3. The second-order valence-electron chi connectivity index (χ2n) is 5.21. The number of halogens is 1. The van der Waals surface area contributed by atoms with Gasteiger partial charge in [0.25, 0.3) is 15.0 Å². The molecule has 1 aliphatic heterocycles. The van der Waals surface area contributed by atoms with E-state index >= 15 is 0 Å². The summed E-state index contributed by atoms with van der Waals surface area (Å²) in [6.45, 7) is 5.00. The van der Waals surface area contributed by atoms with Crippen LogP contribution in [-0.2, 0) is 13.8 Å². The molecule has 1 aromatic rings. The summed E-state index contributed by atoms with van der Waals surface area (Å²) >= 11 is 0.973. The summed E-state index contributed by atoms with van der Waals surface area (Å²) in [5, 5.41) is 4.48. The fourth-order valence-electron chi connectivity index (χ4n) is 2.48. The van der Waals surface area contributed by atoms with Crippen LogP contribution in [-0.4, -0.2) is 33.6 Å². The van der Waals surface area contributed by atoms with Crippen LogP contribution < -0.4 is 5.32 Å². The normalized spacial score (nSPS) is 18.4. The molecule has 0 aliphatic carbocycles. The van der Waals surface area contributed by atoms with Gasteiger partial charge < -0.3 is 10.1 Å². The molecule has 1 N–H and O–H groups in total. The molecule has 21 heavy (non-hydrogen) atoms. The molecule has 5 nitrogen and oxygen atoms in total. The molecule has 1 amide bonds. The number of thiophene rings is 1. The quantitative estimate of drug-likeness (QED) is 0.846. The molecule has 0 bridgehead atoms. The van der Waals surface area contributed by atoms with Gasteiger partial charge in [0, 0.05) is 35.3 Å². The Kier molecular flexibility index (Phi) is 5.29. The van der Waals surface area contributed by atoms with Crippen LogP contribution >= 0.6 is 22.0 Å². The zero-order chi connectivity index (χ0) is 15.6. The van der Waals surface area contributed by atoms with E-state index in [4.69, 9.17) is 15.4 Å². The van der Waals surface area contributed by atoms with Crippen LogP contribution in [0.5, 0.6) is 0 Å². The van der Waals surface area contributed by atoms with E-state index in [-0.39, 0.29) is 16.2 Å². The highest BCUT2D eigenvalue weighted by Crippen LogP contribution is 2.29. The average Bonchev–Trinajstić information content (AvgIpc) is 2.81. The monoisotopic (exact) mass is 351 g/mol. The summed E-state index contributed by atoms with van der Waals surface area (Å²) < 4.78 is 28.1. The highest BCUT2D eigenvalue weighted by molar-refractivity contribution is 8.15. The fraction of sp³-hybridized carbons (Fsp3) is 0.615. The van der Waals surface area contributed by atoms with E-state index in [1.165, 1.54) is 5.38 Å². The molecule has 0 spiro atoms. The molecule has 118 valence electrons. The van der Waals surface area contributed by atoms with E-state index in [0.717, 1.165) is 37.4 Å². The number of rotatable bonds is 4. The minimum atomic E-state index is -3.80. The van der Waals surface area contributed by atoms with E-state index in [2.05, 4.69) is 5.32 Å². The van der Waals surface area contributed by atoms with Gasteiger partial charge in [0.05, 0.1) is 5.56 Å². The standard InChI is InChI=1S/C13H18ClNO4S2/c1-8-11(7-20-13(8)21(14,17)18)12(16)15-9(2)10-3-5-19-6-4-10/h7,9-10H,3-6H2,1-2H3,(H,15,16). The smallest absolute Gasteiger partial charge is 0.271 e. The molecule has 0 aromatic carbocycles. The van der Waals surface area contributed by atoms with Crippen LogP contribution in [0.1, 0.15) is 35.7 Å². The van der Waals surface area contributed by atoms with E-state index in [0.29, 0.717) is 17.0 Å². The lowest BCUT2D eigenvalue weighted by Crippen LogP contribution is -2.40. The van der Waals surface area contributed by atoms with Crippen molar-refractivity contribution in [2.24, 2.45) is 5.92 Å². The summed E-state index contributed by atoms with van der Waals surface area (Å²) in [6, 6.07) is 0.0248. The van der Waals surface area contributed by atoms with Crippen molar-refractivity contribution < 1.29 is 17.9 Å². The first-order valence-corrected chi connectivity index (χ1v) is 9.91. The van der Waals surface area contributed by atoms with Crippen LogP contribution in [0.25, 0.3) is 0 Å². The van der Waals surface area contributed by atoms with Crippen molar-refractivity contribution in [3.8, 4) is 0 Å². The molecule has 2 heterocycles. The first kappa shape index (κ1) is 16.7. The first-order chi connectivity index (χ1) is 9.80. The molecule has 1 fully saturated rings. The molecular weight excluding hydrogens is 334 g/mol. The lowest BCUT2D eigenvalue weighted by molar-refractivity contribution is 0.0538. The zero-order valence-corrected chi connectivity index (χ0v) is 14.3. The van der Waals surface area contributed by atoms with Crippen molar-refractivity contribution >= 4 is 37.0 Å². The number of amides is 1. The Balaban J connectivity index is 2.08. The molecule has 1 saturated heterocycles. The van der Waals surface area contributed by atoms with Gasteiger partial charge in [0.15, 0.2) is 0 Å².